The zero-order valence-electron chi connectivity index (χ0n) is 15.8. The fourth-order valence-corrected chi connectivity index (χ4v) is 3.83. The van der Waals surface area contributed by atoms with Crippen molar-refractivity contribution in [1.82, 2.24) is 5.32 Å². The zero-order valence-corrected chi connectivity index (χ0v) is 17.3. The van der Waals surface area contributed by atoms with Crippen LogP contribution in [0.3, 0.4) is 0 Å². The third-order valence-electron chi connectivity index (χ3n) is 5.18. The van der Waals surface area contributed by atoms with Crippen molar-refractivity contribution >= 4 is 29.1 Å². The van der Waals surface area contributed by atoms with Crippen molar-refractivity contribution in [2.45, 2.75) is 31.1 Å². The lowest BCUT2D eigenvalue weighted by atomic mass is 9.74. The van der Waals surface area contributed by atoms with Gasteiger partial charge in [-0.25, -0.2) is 0 Å². The Kier molecular flexibility index (Phi) is 7.60. The molecule has 28 heavy (non-hydrogen) atoms. The number of amides is 1. The number of hydrogen-bond acceptors (Lipinski definition) is 3. The Labute approximate surface area is 176 Å². The van der Waals surface area contributed by atoms with Crippen LogP contribution in [0.4, 0.5) is 0 Å². The van der Waals surface area contributed by atoms with E-state index in [-0.39, 0.29) is 11.3 Å². The monoisotopic (exact) mass is 421 g/mol. The maximum absolute atomic E-state index is 12.3. The molecule has 150 valence electrons. The number of ether oxygens (including phenoxy) is 2. The second kappa shape index (κ2) is 10.1. The molecule has 1 heterocycles. The van der Waals surface area contributed by atoms with Gasteiger partial charge in [0.05, 0.1) is 11.6 Å². The fourth-order valence-electron chi connectivity index (χ4n) is 3.49. The first-order valence-corrected chi connectivity index (χ1v) is 10.3. The van der Waals surface area contributed by atoms with Crippen molar-refractivity contribution in [2.75, 3.05) is 26.4 Å². The van der Waals surface area contributed by atoms with E-state index < -0.39 is 0 Å². The van der Waals surface area contributed by atoms with Crippen LogP contribution in [0, 0.1) is 0 Å². The van der Waals surface area contributed by atoms with Gasteiger partial charge in [0.15, 0.2) is 0 Å². The van der Waals surface area contributed by atoms with Crippen LogP contribution in [0.2, 0.25) is 10.0 Å². The molecular weight excluding hydrogens is 397 g/mol. The van der Waals surface area contributed by atoms with Crippen molar-refractivity contribution in [3.8, 4) is 5.75 Å². The van der Waals surface area contributed by atoms with Crippen LogP contribution in [0.25, 0.3) is 0 Å². The highest BCUT2D eigenvalue weighted by Crippen LogP contribution is 2.34. The van der Waals surface area contributed by atoms with Crippen LogP contribution in [-0.4, -0.2) is 32.3 Å². The Hall–Kier alpha value is -1.75. The minimum atomic E-state index is -0.0556. The molecule has 1 N–H and O–H groups in total. The lowest BCUT2D eigenvalue weighted by molar-refractivity contribution is -0.121. The molecule has 2 aromatic rings. The van der Waals surface area contributed by atoms with Crippen molar-refractivity contribution in [3.05, 3.63) is 64.1 Å². The Balaban J connectivity index is 1.47. The molecule has 2 aromatic carbocycles. The topological polar surface area (TPSA) is 47.6 Å². The highest BCUT2D eigenvalue weighted by molar-refractivity contribution is 6.42. The summed E-state index contributed by atoms with van der Waals surface area (Å²) in [5.74, 6) is 0.572. The number of carbonyl (C=O) groups is 1. The number of carbonyl (C=O) groups excluding carboxylic acids is 1. The maximum Gasteiger partial charge on any atom is 0.220 e. The number of halogens is 2. The van der Waals surface area contributed by atoms with Crippen molar-refractivity contribution in [1.29, 1.82) is 0 Å². The molecule has 3 rings (SSSR count). The fraction of sp³-hybridized carbons (Fsp3) is 0.409. The first-order valence-electron chi connectivity index (χ1n) is 9.57. The normalized spacial score (nSPS) is 15.8. The summed E-state index contributed by atoms with van der Waals surface area (Å²) >= 11 is 12.1. The van der Waals surface area contributed by atoms with Gasteiger partial charge in [0, 0.05) is 31.6 Å². The van der Waals surface area contributed by atoms with E-state index in [1.165, 1.54) is 5.56 Å². The van der Waals surface area contributed by atoms with Gasteiger partial charge in [0.25, 0.3) is 0 Å². The molecule has 6 heteroatoms. The lowest BCUT2D eigenvalue weighted by Crippen LogP contribution is -2.44. The Morgan fingerprint density at radius 3 is 2.57 bits per heavy atom. The van der Waals surface area contributed by atoms with Gasteiger partial charge in [-0.1, -0.05) is 59.6 Å². The Morgan fingerprint density at radius 1 is 1.07 bits per heavy atom. The van der Waals surface area contributed by atoms with Crippen LogP contribution < -0.4 is 10.1 Å². The van der Waals surface area contributed by atoms with E-state index >= 15 is 0 Å². The minimum Gasteiger partial charge on any atom is -0.492 e. The summed E-state index contributed by atoms with van der Waals surface area (Å²) < 4.78 is 11.2. The molecule has 1 fully saturated rings. The predicted octanol–water partition coefficient (Wildman–Crippen LogP) is 5.02. The summed E-state index contributed by atoms with van der Waals surface area (Å²) in [5.41, 5.74) is 1.21. The molecule has 0 saturated carbocycles. The predicted molar refractivity (Wildman–Crippen MR) is 112 cm³/mol. The van der Waals surface area contributed by atoms with Crippen LogP contribution >= 0.6 is 23.2 Å². The minimum absolute atomic E-state index is 0.0302. The highest BCUT2D eigenvalue weighted by Gasteiger charge is 2.34. The summed E-state index contributed by atoms with van der Waals surface area (Å²) in [4.78, 5) is 12.3. The SMILES string of the molecule is O=C(CCCOc1cccc(Cl)c1Cl)NCC1(c2ccccc2)CCOCC1. The molecule has 0 aliphatic carbocycles. The van der Waals surface area contributed by atoms with Crippen LogP contribution in [-0.2, 0) is 14.9 Å². The smallest absolute Gasteiger partial charge is 0.220 e. The van der Waals surface area contributed by atoms with Crippen molar-refractivity contribution in [3.63, 3.8) is 0 Å². The van der Waals surface area contributed by atoms with E-state index in [4.69, 9.17) is 32.7 Å². The van der Waals surface area contributed by atoms with Gasteiger partial charge in [-0.2, -0.15) is 0 Å². The third kappa shape index (κ3) is 5.40. The highest BCUT2D eigenvalue weighted by atomic mass is 35.5. The van der Waals surface area contributed by atoms with Crippen LogP contribution in [0.1, 0.15) is 31.2 Å². The molecule has 0 bridgehead atoms. The first kappa shape index (κ1) is 21.0. The zero-order chi connectivity index (χ0) is 19.8. The molecule has 0 atom stereocenters. The molecule has 1 aliphatic heterocycles. The van der Waals surface area contributed by atoms with Gasteiger partial charge >= 0.3 is 0 Å². The standard InChI is InChI=1S/C22H25Cl2NO3/c23-18-8-4-9-19(21(18)24)28-13-5-10-20(26)25-16-22(11-14-27-15-12-22)17-6-2-1-3-7-17/h1-4,6-9H,5,10-16H2,(H,25,26). The molecule has 1 aliphatic rings. The van der Waals surface area contributed by atoms with E-state index in [1.807, 2.05) is 18.2 Å². The molecule has 1 amide bonds. The number of benzene rings is 2. The molecule has 0 spiro atoms. The van der Waals surface area contributed by atoms with Gasteiger partial charge in [-0.3, -0.25) is 4.79 Å². The molecule has 0 radical (unpaired) electrons. The van der Waals surface area contributed by atoms with Gasteiger partial charge in [-0.15, -0.1) is 0 Å². The van der Waals surface area contributed by atoms with Crippen LogP contribution in [0.5, 0.6) is 5.75 Å². The Bertz CT molecular complexity index is 777. The van der Waals surface area contributed by atoms with Gasteiger partial charge in [0.1, 0.15) is 10.8 Å². The van der Waals surface area contributed by atoms with Gasteiger partial charge in [-0.05, 0) is 37.0 Å². The Morgan fingerprint density at radius 2 is 1.82 bits per heavy atom. The first-order chi connectivity index (χ1) is 13.6. The second-order valence-corrected chi connectivity index (χ2v) is 7.82. The quantitative estimate of drug-likeness (QED) is 0.608. The number of nitrogens with one attached hydrogen (secondary N) is 1. The molecule has 1 saturated heterocycles. The van der Waals surface area contributed by atoms with E-state index in [0.29, 0.717) is 41.8 Å². The second-order valence-electron chi connectivity index (χ2n) is 7.04. The van der Waals surface area contributed by atoms with Gasteiger partial charge < -0.3 is 14.8 Å². The summed E-state index contributed by atoms with van der Waals surface area (Å²) in [5, 5.41) is 3.97. The molecule has 0 aromatic heterocycles. The summed E-state index contributed by atoms with van der Waals surface area (Å²) in [6, 6.07) is 15.7. The lowest BCUT2D eigenvalue weighted by Gasteiger charge is -2.38. The van der Waals surface area contributed by atoms with Crippen LogP contribution in [0.15, 0.2) is 48.5 Å². The number of rotatable bonds is 8. The maximum atomic E-state index is 12.3. The van der Waals surface area contributed by atoms with E-state index in [9.17, 15) is 4.79 Å². The average Bonchev–Trinajstić information content (AvgIpc) is 2.74. The van der Waals surface area contributed by atoms with E-state index in [1.54, 1.807) is 18.2 Å². The average molecular weight is 422 g/mol. The van der Waals surface area contributed by atoms with Crippen molar-refractivity contribution in [2.24, 2.45) is 0 Å². The largest absolute Gasteiger partial charge is 0.492 e. The summed E-state index contributed by atoms with van der Waals surface area (Å²) in [6.07, 6.45) is 2.83. The van der Waals surface area contributed by atoms with E-state index in [2.05, 4.69) is 17.4 Å². The molecule has 4 nitrogen and oxygen atoms in total. The molecule has 0 unspecified atom stereocenters. The summed E-state index contributed by atoms with van der Waals surface area (Å²) in [7, 11) is 0. The van der Waals surface area contributed by atoms with E-state index in [0.717, 1.165) is 26.1 Å². The molecular formula is C22H25Cl2NO3. The number of hydrogen-bond donors (Lipinski definition) is 1. The van der Waals surface area contributed by atoms with Gasteiger partial charge in [0.2, 0.25) is 5.91 Å². The summed E-state index contributed by atoms with van der Waals surface area (Å²) in [6.45, 7) is 2.48. The van der Waals surface area contributed by atoms with Crippen molar-refractivity contribution < 1.29 is 14.3 Å². The third-order valence-corrected chi connectivity index (χ3v) is 5.98.